The smallest absolute Gasteiger partial charge is 0.0555 e. The predicted octanol–water partition coefficient (Wildman–Crippen LogP) is 2.62. The molecule has 1 aliphatic rings. The van der Waals surface area contributed by atoms with Crippen LogP contribution in [0, 0.1) is 17.3 Å². The lowest BCUT2D eigenvalue weighted by Gasteiger charge is -2.38. The third-order valence-corrected chi connectivity index (χ3v) is 3.65. The van der Waals surface area contributed by atoms with Gasteiger partial charge in [-0.15, -0.1) is 0 Å². The molecule has 1 aliphatic heterocycles. The van der Waals surface area contributed by atoms with Crippen LogP contribution in [-0.4, -0.2) is 24.5 Å². The van der Waals surface area contributed by atoms with Gasteiger partial charge in [-0.25, -0.2) is 0 Å². The van der Waals surface area contributed by atoms with E-state index in [2.05, 4.69) is 48.8 Å². The van der Waals surface area contributed by atoms with Crippen LogP contribution in [0.2, 0.25) is 0 Å². The van der Waals surface area contributed by atoms with Crippen LogP contribution >= 0.6 is 0 Å². The summed E-state index contributed by atoms with van der Waals surface area (Å²) in [4.78, 5) is 2.55. The molecule has 0 bridgehead atoms. The van der Waals surface area contributed by atoms with Gasteiger partial charge < -0.3 is 5.73 Å². The highest BCUT2D eigenvalue weighted by atomic mass is 15.1. The minimum Gasteiger partial charge on any atom is -0.320 e. The van der Waals surface area contributed by atoms with Gasteiger partial charge in [-0.2, -0.15) is 0 Å². The van der Waals surface area contributed by atoms with Crippen molar-refractivity contribution >= 4 is 0 Å². The van der Waals surface area contributed by atoms with Gasteiger partial charge >= 0.3 is 0 Å². The zero-order chi connectivity index (χ0) is 13.7. The van der Waals surface area contributed by atoms with Gasteiger partial charge in [0.05, 0.1) is 6.54 Å². The fraction of sp³-hybridized carbons (Fsp3) is 0.529. The number of nitrogens with zero attached hydrogens (tertiary/aromatic N) is 1. The average Bonchev–Trinajstić information content (AvgIpc) is 2.35. The molecule has 0 radical (unpaired) electrons. The number of hydrogen-bond acceptors (Lipinski definition) is 2. The number of likely N-dealkylation sites (tertiary alicyclic amines) is 1. The largest absolute Gasteiger partial charge is 0.320 e. The Hall–Kier alpha value is -1.30. The van der Waals surface area contributed by atoms with Crippen LogP contribution in [0.1, 0.15) is 37.8 Å². The molecule has 2 N–H and O–H groups in total. The molecule has 0 amide bonds. The second-order valence-electron chi connectivity index (χ2n) is 6.18. The van der Waals surface area contributed by atoms with Crippen molar-refractivity contribution in [2.45, 2.75) is 33.2 Å². The Morgan fingerprint density at radius 3 is 2.95 bits per heavy atom. The summed E-state index contributed by atoms with van der Waals surface area (Å²) in [5.41, 5.74) is 8.28. The van der Waals surface area contributed by atoms with E-state index in [0.717, 1.165) is 12.1 Å². The van der Waals surface area contributed by atoms with Crippen LogP contribution in [-0.2, 0) is 6.54 Å². The van der Waals surface area contributed by atoms with E-state index in [4.69, 9.17) is 5.73 Å². The molecular formula is C17H24N2. The molecule has 1 saturated heterocycles. The van der Waals surface area contributed by atoms with Crippen molar-refractivity contribution in [2.24, 2.45) is 11.1 Å². The minimum atomic E-state index is 0.421. The Morgan fingerprint density at radius 2 is 2.21 bits per heavy atom. The van der Waals surface area contributed by atoms with Crippen molar-refractivity contribution in [2.75, 3.05) is 19.6 Å². The SMILES string of the molecule is CC1(C)CCCN(Cc2cccc(C#CCN)c2)C1. The van der Waals surface area contributed by atoms with Gasteiger partial charge in [0, 0.05) is 18.7 Å². The Bertz CT molecular complexity index is 480. The molecule has 0 aromatic heterocycles. The summed E-state index contributed by atoms with van der Waals surface area (Å²) in [6.45, 7) is 8.57. The lowest BCUT2D eigenvalue weighted by molar-refractivity contribution is 0.111. The van der Waals surface area contributed by atoms with E-state index in [1.807, 2.05) is 6.07 Å². The van der Waals surface area contributed by atoms with Gasteiger partial charge in [0.2, 0.25) is 0 Å². The van der Waals surface area contributed by atoms with Crippen molar-refractivity contribution in [3.05, 3.63) is 35.4 Å². The zero-order valence-electron chi connectivity index (χ0n) is 12.1. The lowest BCUT2D eigenvalue weighted by Crippen LogP contribution is -2.39. The molecule has 1 fully saturated rings. The number of rotatable bonds is 2. The molecule has 0 spiro atoms. The second kappa shape index (κ2) is 6.23. The van der Waals surface area contributed by atoms with Crippen molar-refractivity contribution in [1.29, 1.82) is 0 Å². The summed E-state index contributed by atoms with van der Waals surface area (Å²) < 4.78 is 0. The summed E-state index contributed by atoms with van der Waals surface area (Å²) in [6, 6.07) is 8.51. The molecule has 0 unspecified atom stereocenters. The van der Waals surface area contributed by atoms with Crippen molar-refractivity contribution < 1.29 is 0 Å². The van der Waals surface area contributed by atoms with Crippen LogP contribution in [0.25, 0.3) is 0 Å². The van der Waals surface area contributed by atoms with Crippen molar-refractivity contribution in [3.63, 3.8) is 0 Å². The van der Waals surface area contributed by atoms with E-state index in [1.54, 1.807) is 0 Å². The minimum absolute atomic E-state index is 0.421. The Balaban J connectivity index is 2.02. The fourth-order valence-corrected chi connectivity index (χ4v) is 2.84. The topological polar surface area (TPSA) is 29.3 Å². The van der Waals surface area contributed by atoms with Gasteiger partial charge in [-0.05, 0) is 42.5 Å². The first-order valence-electron chi connectivity index (χ1n) is 7.09. The van der Waals surface area contributed by atoms with Crippen molar-refractivity contribution in [1.82, 2.24) is 4.90 Å². The molecule has 2 heteroatoms. The highest BCUT2D eigenvalue weighted by Gasteiger charge is 2.25. The Kier molecular flexibility index (Phi) is 4.63. The molecule has 0 atom stereocenters. The molecule has 19 heavy (non-hydrogen) atoms. The van der Waals surface area contributed by atoms with Gasteiger partial charge in [-0.1, -0.05) is 37.8 Å². The zero-order valence-corrected chi connectivity index (χ0v) is 12.1. The first kappa shape index (κ1) is 14.1. The van der Waals surface area contributed by atoms with Gasteiger partial charge in [0.25, 0.3) is 0 Å². The lowest BCUT2D eigenvalue weighted by atomic mass is 9.84. The van der Waals surface area contributed by atoms with E-state index >= 15 is 0 Å². The second-order valence-corrected chi connectivity index (χ2v) is 6.18. The van der Waals surface area contributed by atoms with E-state index in [1.165, 1.54) is 31.5 Å². The van der Waals surface area contributed by atoms with Crippen LogP contribution in [0.15, 0.2) is 24.3 Å². The van der Waals surface area contributed by atoms with Crippen LogP contribution < -0.4 is 5.73 Å². The van der Waals surface area contributed by atoms with Gasteiger partial charge in [0.15, 0.2) is 0 Å². The summed E-state index contributed by atoms with van der Waals surface area (Å²) >= 11 is 0. The highest BCUT2D eigenvalue weighted by molar-refractivity contribution is 5.37. The first-order chi connectivity index (χ1) is 9.09. The number of hydrogen-bond donors (Lipinski definition) is 1. The number of nitrogens with two attached hydrogens (primary N) is 1. The monoisotopic (exact) mass is 256 g/mol. The average molecular weight is 256 g/mol. The number of piperidine rings is 1. The standard InChI is InChI=1S/C17H24N2/c1-17(2)9-5-11-19(14-17)13-16-7-3-6-15(12-16)8-4-10-18/h3,6-7,12H,5,9-11,13-14,18H2,1-2H3. The summed E-state index contributed by atoms with van der Waals surface area (Å²) in [7, 11) is 0. The Morgan fingerprint density at radius 1 is 1.37 bits per heavy atom. The molecule has 1 heterocycles. The van der Waals surface area contributed by atoms with Crippen molar-refractivity contribution in [3.8, 4) is 11.8 Å². The van der Waals surface area contributed by atoms with E-state index in [0.29, 0.717) is 12.0 Å². The third kappa shape index (κ3) is 4.38. The maximum absolute atomic E-state index is 5.41. The summed E-state index contributed by atoms with van der Waals surface area (Å²) in [6.07, 6.45) is 2.64. The van der Waals surface area contributed by atoms with Crippen LogP contribution in [0.3, 0.4) is 0 Å². The highest BCUT2D eigenvalue weighted by Crippen LogP contribution is 2.29. The third-order valence-electron chi connectivity index (χ3n) is 3.65. The molecule has 102 valence electrons. The molecule has 1 aromatic carbocycles. The van der Waals surface area contributed by atoms with Gasteiger partial charge in [0.1, 0.15) is 0 Å². The van der Waals surface area contributed by atoms with Crippen LogP contribution in [0.4, 0.5) is 0 Å². The fourth-order valence-electron chi connectivity index (χ4n) is 2.84. The maximum Gasteiger partial charge on any atom is 0.0555 e. The van der Waals surface area contributed by atoms with Crippen LogP contribution in [0.5, 0.6) is 0 Å². The van der Waals surface area contributed by atoms with Gasteiger partial charge in [-0.3, -0.25) is 4.90 Å². The molecule has 2 rings (SSSR count). The predicted molar refractivity (Wildman–Crippen MR) is 80.7 cm³/mol. The molecular weight excluding hydrogens is 232 g/mol. The summed E-state index contributed by atoms with van der Waals surface area (Å²) in [5.74, 6) is 6.02. The van der Waals surface area contributed by atoms with E-state index < -0.39 is 0 Å². The summed E-state index contributed by atoms with van der Waals surface area (Å²) in [5, 5.41) is 0. The normalized spacial score (nSPS) is 18.7. The maximum atomic E-state index is 5.41. The molecule has 2 nitrogen and oxygen atoms in total. The molecule has 0 saturated carbocycles. The molecule has 0 aliphatic carbocycles. The van der Waals surface area contributed by atoms with E-state index in [-0.39, 0.29) is 0 Å². The van der Waals surface area contributed by atoms with E-state index in [9.17, 15) is 0 Å². The quantitative estimate of drug-likeness (QED) is 0.824. The number of benzene rings is 1. The Labute approximate surface area is 117 Å². The first-order valence-corrected chi connectivity index (χ1v) is 7.09. The molecule has 1 aromatic rings.